The van der Waals surface area contributed by atoms with Gasteiger partial charge in [0.05, 0.1) is 28.7 Å². The molecule has 182 valence electrons. The number of amides is 1. The van der Waals surface area contributed by atoms with Gasteiger partial charge in [0.25, 0.3) is 10.0 Å². The Morgan fingerprint density at radius 1 is 0.886 bits per heavy atom. The van der Waals surface area contributed by atoms with Crippen molar-refractivity contribution in [2.45, 2.75) is 9.79 Å². The molecule has 3 aromatic carbocycles. The number of nitrogens with zero attached hydrogens (tertiary/aromatic N) is 2. The van der Waals surface area contributed by atoms with Crippen LogP contribution in [0.15, 0.2) is 82.6 Å². The van der Waals surface area contributed by atoms with Crippen molar-refractivity contribution in [1.82, 2.24) is 4.31 Å². The molecule has 0 atom stereocenters. The number of fused-ring (bicyclic) bond motifs is 3. The first-order valence-corrected chi connectivity index (χ1v) is 13.9. The summed E-state index contributed by atoms with van der Waals surface area (Å²) in [6.07, 6.45) is 0. The number of nitrogens with one attached hydrogen (secondary N) is 1. The molecule has 9 nitrogen and oxygen atoms in total. The van der Waals surface area contributed by atoms with Gasteiger partial charge in [0.15, 0.2) is 0 Å². The van der Waals surface area contributed by atoms with E-state index in [1.54, 1.807) is 30.3 Å². The highest BCUT2D eigenvalue weighted by Crippen LogP contribution is 2.42. The number of ether oxygens (including phenoxy) is 1. The van der Waals surface area contributed by atoms with Crippen LogP contribution in [-0.2, 0) is 29.6 Å². The second-order valence-corrected chi connectivity index (χ2v) is 11.9. The molecule has 2 aliphatic heterocycles. The molecule has 0 aliphatic carbocycles. The minimum Gasteiger partial charge on any atom is -0.379 e. The first-order chi connectivity index (χ1) is 16.8. The Labute approximate surface area is 204 Å². The maximum atomic E-state index is 13.3. The van der Waals surface area contributed by atoms with Gasteiger partial charge in [0.2, 0.25) is 15.9 Å². The predicted molar refractivity (Wildman–Crippen MR) is 131 cm³/mol. The lowest BCUT2D eigenvalue weighted by Crippen LogP contribution is -2.40. The Morgan fingerprint density at radius 2 is 1.51 bits per heavy atom. The van der Waals surface area contributed by atoms with E-state index >= 15 is 0 Å². The van der Waals surface area contributed by atoms with Gasteiger partial charge in [-0.1, -0.05) is 36.4 Å². The van der Waals surface area contributed by atoms with Crippen LogP contribution in [0.2, 0.25) is 0 Å². The fourth-order valence-electron chi connectivity index (χ4n) is 4.23. The minimum atomic E-state index is -3.94. The number of carbonyl (C=O) groups is 1. The number of carbonyl (C=O) groups excluding carboxylic acids is 1. The number of sulfonamides is 2. The predicted octanol–water partition coefficient (Wildman–Crippen LogP) is 2.52. The van der Waals surface area contributed by atoms with Crippen LogP contribution in [0, 0.1) is 0 Å². The lowest BCUT2D eigenvalue weighted by atomic mass is 10.0. The molecule has 0 spiro atoms. The van der Waals surface area contributed by atoms with Gasteiger partial charge in [-0.05, 0) is 36.4 Å². The van der Waals surface area contributed by atoms with Gasteiger partial charge in [-0.3, -0.25) is 9.10 Å². The molecule has 35 heavy (non-hydrogen) atoms. The van der Waals surface area contributed by atoms with Crippen molar-refractivity contribution in [1.29, 1.82) is 0 Å². The second-order valence-electron chi connectivity index (χ2n) is 8.11. The van der Waals surface area contributed by atoms with Crippen molar-refractivity contribution in [3.05, 3.63) is 72.8 Å². The van der Waals surface area contributed by atoms with E-state index in [9.17, 15) is 21.6 Å². The molecule has 0 radical (unpaired) electrons. The van der Waals surface area contributed by atoms with Crippen molar-refractivity contribution >= 4 is 37.3 Å². The molecule has 0 aromatic heterocycles. The van der Waals surface area contributed by atoms with Gasteiger partial charge in [-0.15, -0.1) is 0 Å². The van der Waals surface area contributed by atoms with E-state index in [0.717, 1.165) is 9.87 Å². The highest BCUT2D eigenvalue weighted by atomic mass is 32.2. The maximum absolute atomic E-state index is 13.3. The third-order valence-corrected chi connectivity index (χ3v) is 9.68. The van der Waals surface area contributed by atoms with Crippen molar-refractivity contribution < 1.29 is 26.4 Å². The number of morpholine rings is 1. The fraction of sp³-hybridized carbons (Fsp3) is 0.208. The average molecular weight is 514 g/mol. The van der Waals surface area contributed by atoms with E-state index in [0.29, 0.717) is 30.2 Å². The summed E-state index contributed by atoms with van der Waals surface area (Å²) in [5, 5.41) is 2.67. The van der Waals surface area contributed by atoms with Crippen LogP contribution < -0.4 is 9.62 Å². The van der Waals surface area contributed by atoms with Gasteiger partial charge in [-0.25, -0.2) is 16.8 Å². The topological polar surface area (TPSA) is 113 Å². The van der Waals surface area contributed by atoms with Gasteiger partial charge >= 0.3 is 0 Å². The molecule has 1 fully saturated rings. The fourth-order valence-corrected chi connectivity index (χ4v) is 7.29. The molecule has 5 rings (SSSR count). The summed E-state index contributed by atoms with van der Waals surface area (Å²) in [5.41, 5.74) is 2.10. The number of anilines is 2. The molecule has 1 amide bonds. The van der Waals surface area contributed by atoms with E-state index in [-0.39, 0.29) is 22.9 Å². The van der Waals surface area contributed by atoms with Crippen LogP contribution >= 0.6 is 0 Å². The second kappa shape index (κ2) is 9.08. The smallest absolute Gasteiger partial charge is 0.265 e. The van der Waals surface area contributed by atoms with Crippen molar-refractivity contribution in [3.8, 4) is 11.1 Å². The summed E-state index contributed by atoms with van der Waals surface area (Å²) in [4.78, 5) is 13.1. The van der Waals surface area contributed by atoms with Crippen LogP contribution in [-0.4, -0.2) is 59.9 Å². The summed E-state index contributed by atoms with van der Waals surface area (Å²) in [7, 11) is -7.60. The van der Waals surface area contributed by atoms with Crippen LogP contribution in [0.3, 0.4) is 0 Å². The summed E-state index contributed by atoms with van der Waals surface area (Å²) < 4.78 is 59.9. The third-order valence-electron chi connectivity index (χ3n) is 5.95. The zero-order chi connectivity index (χ0) is 24.6. The summed E-state index contributed by atoms with van der Waals surface area (Å²) >= 11 is 0. The molecular formula is C24H23N3O6S2. The van der Waals surface area contributed by atoms with E-state index in [1.807, 2.05) is 12.1 Å². The quantitative estimate of drug-likeness (QED) is 0.561. The van der Waals surface area contributed by atoms with E-state index in [2.05, 4.69) is 5.32 Å². The van der Waals surface area contributed by atoms with E-state index in [1.165, 1.54) is 34.6 Å². The zero-order valence-corrected chi connectivity index (χ0v) is 20.3. The standard InChI is InChI=1S/C24H23N3O6S2/c28-24(25-18-9-11-19(12-10-18)34(29,30)26-13-15-33-16-14-26)17-27-22-7-3-1-5-20(22)21-6-2-4-8-23(21)35(27,31)32/h1-12H,13-17H2,(H,25,28). The SMILES string of the molecule is O=C(CN1c2ccccc2-c2ccccc2S1(=O)=O)Nc1ccc(S(=O)(=O)N2CCOCC2)cc1. The zero-order valence-electron chi connectivity index (χ0n) is 18.6. The highest BCUT2D eigenvalue weighted by Gasteiger charge is 2.35. The monoisotopic (exact) mass is 513 g/mol. The molecule has 2 heterocycles. The number of benzene rings is 3. The Balaban J connectivity index is 1.35. The van der Waals surface area contributed by atoms with Gasteiger partial charge in [0, 0.05) is 29.9 Å². The number of rotatable bonds is 5. The van der Waals surface area contributed by atoms with E-state index < -0.39 is 32.5 Å². The Hall–Kier alpha value is -3.25. The summed E-state index contributed by atoms with van der Waals surface area (Å²) in [6.45, 7) is 0.841. The highest BCUT2D eigenvalue weighted by molar-refractivity contribution is 7.93. The molecule has 0 saturated carbocycles. The van der Waals surface area contributed by atoms with Gasteiger partial charge in [0.1, 0.15) is 6.54 Å². The molecule has 1 saturated heterocycles. The Morgan fingerprint density at radius 3 is 2.23 bits per heavy atom. The van der Waals surface area contributed by atoms with Gasteiger partial charge in [-0.2, -0.15) is 4.31 Å². The van der Waals surface area contributed by atoms with Crippen LogP contribution in [0.1, 0.15) is 0 Å². The van der Waals surface area contributed by atoms with Gasteiger partial charge < -0.3 is 10.1 Å². The minimum absolute atomic E-state index is 0.113. The molecule has 1 N–H and O–H groups in total. The first kappa shape index (κ1) is 23.5. The van der Waals surface area contributed by atoms with Crippen molar-refractivity contribution in [2.75, 3.05) is 42.5 Å². The summed E-state index contributed by atoms with van der Waals surface area (Å²) in [6, 6.07) is 19.5. The first-order valence-electron chi connectivity index (χ1n) is 11.0. The number of hydrogen-bond acceptors (Lipinski definition) is 6. The summed E-state index contributed by atoms with van der Waals surface area (Å²) in [5.74, 6) is -0.549. The molecule has 0 bridgehead atoms. The lowest BCUT2D eigenvalue weighted by Gasteiger charge is -2.31. The molecule has 0 unspecified atom stereocenters. The number of para-hydroxylation sites is 1. The molecule has 11 heteroatoms. The van der Waals surface area contributed by atoms with E-state index in [4.69, 9.17) is 4.74 Å². The largest absolute Gasteiger partial charge is 0.379 e. The van der Waals surface area contributed by atoms with Crippen molar-refractivity contribution in [3.63, 3.8) is 0 Å². The number of hydrogen-bond donors (Lipinski definition) is 1. The van der Waals surface area contributed by atoms with Crippen LogP contribution in [0.4, 0.5) is 11.4 Å². The lowest BCUT2D eigenvalue weighted by molar-refractivity contribution is -0.114. The molecule has 3 aromatic rings. The molecule has 2 aliphatic rings. The normalized spacial score (nSPS) is 17.3. The maximum Gasteiger partial charge on any atom is 0.265 e. The Kier molecular flexibility index (Phi) is 6.09. The van der Waals surface area contributed by atoms with Crippen LogP contribution in [0.5, 0.6) is 0 Å². The van der Waals surface area contributed by atoms with Crippen molar-refractivity contribution in [2.24, 2.45) is 0 Å². The average Bonchev–Trinajstić information content (AvgIpc) is 2.87. The Bertz CT molecular complexity index is 1480. The third kappa shape index (κ3) is 4.31. The van der Waals surface area contributed by atoms with Crippen LogP contribution in [0.25, 0.3) is 11.1 Å². The molecular weight excluding hydrogens is 490 g/mol.